The van der Waals surface area contributed by atoms with E-state index in [2.05, 4.69) is 13.8 Å². The van der Waals surface area contributed by atoms with Crippen LogP contribution in [0.2, 0.25) is 0 Å². The SMILES string of the molecule is CCCCCCCCCCCCCOC(=O)C(CC)(CC)C(=O)Oc1cccc(CC)c1. The molecule has 0 spiro atoms. The van der Waals surface area contributed by atoms with Gasteiger partial charge in [0.15, 0.2) is 5.41 Å². The Bertz CT molecular complexity index is 649. The first-order valence-electron chi connectivity index (χ1n) is 13.0. The first kappa shape index (κ1) is 28.2. The van der Waals surface area contributed by atoms with Gasteiger partial charge in [0.25, 0.3) is 0 Å². The minimum absolute atomic E-state index is 0.368. The predicted molar refractivity (Wildman–Crippen MR) is 132 cm³/mol. The first-order valence-corrected chi connectivity index (χ1v) is 13.0. The highest BCUT2D eigenvalue weighted by Gasteiger charge is 2.46. The first-order chi connectivity index (χ1) is 15.5. The largest absolute Gasteiger partial charge is 0.465 e. The zero-order valence-electron chi connectivity index (χ0n) is 21.0. The highest BCUT2D eigenvalue weighted by molar-refractivity contribution is 6.00. The molecule has 0 saturated heterocycles. The lowest BCUT2D eigenvalue weighted by Crippen LogP contribution is -2.42. The van der Waals surface area contributed by atoms with Crippen molar-refractivity contribution in [1.82, 2.24) is 0 Å². The van der Waals surface area contributed by atoms with Gasteiger partial charge in [-0.05, 0) is 43.4 Å². The van der Waals surface area contributed by atoms with E-state index in [0.29, 0.717) is 25.2 Å². The molecular weight excluding hydrogens is 400 g/mol. The lowest BCUT2D eigenvalue weighted by molar-refractivity contribution is -0.168. The molecule has 0 fully saturated rings. The molecule has 32 heavy (non-hydrogen) atoms. The third-order valence-corrected chi connectivity index (χ3v) is 6.49. The molecule has 1 aromatic rings. The van der Waals surface area contributed by atoms with Gasteiger partial charge >= 0.3 is 11.9 Å². The van der Waals surface area contributed by atoms with Gasteiger partial charge in [-0.1, -0.05) is 104 Å². The van der Waals surface area contributed by atoms with E-state index in [4.69, 9.17) is 9.47 Å². The van der Waals surface area contributed by atoms with Crippen LogP contribution in [0.25, 0.3) is 0 Å². The van der Waals surface area contributed by atoms with E-state index in [1.54, 1.807) is 6.07 Å². The van der Waals surface area contributed by atoms with Crippen LogP contribution in [-0.2, 0) is 20.7 Å². The van der Waals surface area contributed by atoms with Crippen molar-refractivity contribution in [2.45, 2.75) is 118 Å². The highest BCUT2D eigenvalue weighted by atomic mass is 16.6. The molecule has 0 aliphatic carbocycles. The Kier molecular flexibility index (Phi) is 14.8. The van der Waals surface area contributed by atoms with Crippen molar-refractivity contribution in [3.05, 3.63) is 29.8 Å². The smallest absolute Gasteiger partial charge is 0.328 e. The van der Waals surface area contributed by atoms with Gasteiger partial charge in [0.2, 0.25) is 0 Å². The molecule has 0 amide bonds. The van der Waals surface area contributed by atoms with Crippen LogP contribution in [0.15, 0.2) is 24.3 Å². The molecule has 0 saturated carbocycles. The maximum absolute atomic E-state index is 12.9. The van der Waals surface area contributed by atoms with Crippen molar-refractivity contribution in [2.75, 3.05) is 6.61 Å². The van der Waals surface area contributed by atoms with Crippen LogP contribution >= 0.6 is 0 Å². The Balaban J connectivity index is 2.35. The molecule has 0 atom stereocenters. The summed E-state index contributed by atoms with van der Waals surface area (Å²) in [6, 6.07) is 7.46. The third kappa shape index (κ3) is 9.75. The number of benzene rings is 1. The average Bonchev–Trinajstić information content (AvgIpc) is 2.81. The summed E-state index contributed by atoms with van der Waals surface area (Å²) in [5, 5.41) is 0. The number of rotatable bonds is 18. The van der Waals surface area contributed by atoms with Crippen LogP contribution in [0, 0.1) is 5.41 Å². The minimum Gasteiger partial charge on any atom is -0.465 e. The Hall–Kier alpha value is -1.84. The van der Waals surface area contributed by atoms with E-state index in [1.807, 2.05) is 32.0 Å². The maximum atomic E-state index is 12.9. The maximum Gasteiger partial charge on any atom is 0.328 e. The summed E-state index contributed by atoms with van der Waals surface area (Å²) in [6.07, 6.45) is 15.3. The second-order valence-electron chi connectivity index (χ2n) is 8.85. The lowest BCUT2D eigenvalue weighted by atomic mass is 9.82. The fraction of sp³-hybridized carbons (Fsp3) is 0.714. The topological polar surface area (TPSA) is 52.6 Å². The van der Waals surface area contributed by atoms with Gasteiger partial charge in [-0.25, -0.2) is 0 Å². The van der Waals surface area contributed by atoms with Crippen LogP contribution in [0.5, 0.6) is 5.75 Å². The summed E-state index contributed by atoms with van der Waals surface area (Å²) >= 11 is 0. The van der Waals surface area contributed by atoms with Crippen LogP contribution in [0.4, 0.5) is 0 Å². The lowest BCUT2D eigenvalue weighted by Gasteiger charge is -2.26. The van der Waals surface area contributed by atoms with Crippen molar-refractivity contribution in [3.63, 3.8) is 0 Å². The molecule has 182 valence electrons. The molecule has 4 nitrogen and oxygen atoms in total. The Morgan fingerprint density at radius 3 is 1.84 bits per heavy atom. The van der Waals surface area contributed by atoms with E-state index in [9.17, 15) is 9.59 Å². The number of hydrogen-bond acceptors (Lipinski definition) is 4. The van der Waals surface area contributed by atoms with Crippen LogP contribution < -0.4 is 4.74 Å². The molecule has 0 bridgehead atoms. The monoisotopic (exact) mass is 446 g/mol. The fourth-order valence-corrected chi connectivity index (χ4v) is 4.01. The molecule has 0 aliphatic heterocycles. The summed E-state index contributed by atoms with van der Waals surface area (Å²) in [7, 11) is 0. The number of esters is 2. The molecule has 1 rings (SSSR count). The Labute approximate surface area is 196 Å². The fourth-order valence-electron chi connectivity index (χ4n) is 4.01. The highest BCUT2D eigenvalue weighted by Crippen LogP contribution is 2.31. The average molecular weight is 447 g/mol. The number of carbonyl (C=O) groups is 2. The van der Waals surface area contributed by atoms with Gasteiger partial charge in [0.05, 0.1) is 6.61 Å². The van der Waals surface area contributed by atoms with Crippen molar-refractivity contribution in [3.8, 4) is 5.75 Å². The Morgan fingerprint density at radius 1 is 0.750 bits per heavy atom. The van der Waals surface area contributed by atoms with E-state index < -0.39 is 17.4 Å². The molecule has 0 N–H and O–H groups in total. The summed E-state index contributed by atoms with van der Waals surface area (Å²) in [6.45, 7) is 8.36. The summed E-state index contributed by atoms with van der Waals surface area (Å²) in [5.74, 6) is -0.482. The number of carbonyl (C=O) groups excluding carboxylic acids is 2. The van der Waals surface area contributed by atoms with Gasteiger partial charge in [-0.3, -0.25) is 9.59 Å². The van der Waals surface area contributed by atoms with E-state index >= 15 is 0 Å². The van der Waals surface area contributed by atoms with Crippen molar-refractivity contribution < 1.29 is 19.1 Å². The molecule has 0 radical (unpaired) electrons. The molecule has 0 unspecified atom stereocenters. The summed E-state index contributed by atoms with van der Waals surface area (Å²) < 4.78 is 11.1. The normalized spacial score (nSPS) is 11.4. The van der Waals surface area contributed by atoms with Gasteiger partial charge in [-0.15, -0.1) is 0 Å². The van der Waals surface area contributed by atoms with Crippen molar-refractivity contribution in [2.24, 2.45) is 5.41 Å². The number of ether oxygens (including phenoxy) is 2. The van der Waals surface area contributed by atoms with Gasteiger partial charge in [0, 0.05) is 0 Å². The summed E-state index contributed by atoms with van der Waals surface area (Å²) in [5.41, 5.74) is -0.145. The van der Waals surface area contributed by atoms with Gasteiger partial charge in [-0.2, -0.15) is 0 Å². The second-order valence-corrected chi connectivity index (χ2v) is 8.85. The number of unbranched alkanes of at least 4 members (excludes halogenated alkanes) is 10. The zero-order valence-corrected chi connectivity index (χ0v) is 21.0. The molecular formula is C28H46O4. The van der Waals surface area contributed by atoms with Crippen molar-refractivity contribution in [1.29, 1.82) is 0 Å². The van der Waals surface area contributed by atoms with E-state index in [0.717, 1.165) is 24.8 Å². The molecule has 1 aromatic carbocycles. The summed E-state index contributed by atoms with van der Waals surface area (Å²) in [4.78, 5) is 25.8. The van der Waals surface area contributed by atoms with Gasteiger partial charge < -0.3 is 9.47 Å². The van der Waals surface area contributed by atoms with Crippen LogP contribution in [-0.4, -0.2) is 18.5 Å². The molecule has 4 heteroatoms. The van der Waals surface area contributed by atoms with E-state index in [-0.39, 0.29) is 0 Å². The zero-order chi connectivity index (χ0) is 23.7. The predicted octanol–water partition coefficient (Wildman–Crippen LogP) is 7.82. The van der Waals surface area contributed by atoms with Gasteiger partial charge in [0.1, 0.15) is 5.75 Å². The number of hydrogen-bond donors (Lipinski definition) is 0. The third-order valence-electron chi connectivity index (χ3n) is 6.49. The standard InChI is InChI=1S/C28H46O4/c1-5-9-10-11-12-13-14-15-16-17-18-22-31-26(29)28(7-3,8-4)27(30)32-25-21-19-20-24(6-2)23-25/h19-21,23H,5-18,22H2,1-4H3. The minimum atomic E-state index is -1.24. The molecule has 0 aromatic heterocycles. The quantitative estimate of drug-likeness (QED) is 0.0998. The van der Waals surface area contributed by atoms with Crippen molar-refractivity contribution >= 4 is 11.9 Å². The van der Waals surface area contributed by atoms with Crippen LogP contribution in [0.3, 0.4) is 0 Å². The molecule has 0 aliphatic rings. The molecule has 0 heterocycles. The van der Waals surface area contributed by atoms with Crippen LogP contribution in [0.1, 0.15) is 117 Å². The second kappa shape index (κ2) is 16.7. The van der Waals surface area contributed by atoms with E-state index in [1.165, 1.54) is 57.8 Å². The Morgan fingerprint density at radius 2 is 1.31 bits per heavy atom. The number of aryl methyl sites for hydroxylation is 1.